The summed E-state index contributed by atoms with van der Waals surface area (Å²) in [4.78, 5) is 25.4. The van der Waals surface area contributed by atoms with E-state index in [1.165, 1.54) is 0 Å². The van der Waals surface area contributed by atoms with Gasteiger partial charge >= 0.3 is 5.69 Å². The highest BCUT2D eigenvalue weighted by Gasteiger charge is 2.18. The average Bonchev–Trinajstić information content (AvgIpc) is 2.27. The minimum Gasteiger partial charge on any atom is -0.393 e. The van der Waals surface area contributed by atoms with Crippen molar-refractivity contribution >= 4 is 10.0 Å². The number of nitrogens with one attached hydrogen (secondary N) is 3. The van der Waals surface area contributed by atoms with Gasteiger partial charge in [-0.3, -0.25) is 9.78 Å². The molecular weight excluding hydrogens is 262 g/mol. The summed E-state index contributed by atoms with van der Waals surface area (Å²) in [6, 6.07) is 0. The molecule has 0 saturated carbocycles. The van der Waals surface area contributed by atoms with Crippen LogP contribution >= 0.6 is 0 Å². The molecule has 18 heavy (non-hydrogen) atoms. The van der Waals surface area contributed by atoms with Crippen molar-refractivity contribution in [3.8, 4) is 0 Å². The second kappa shape index (κ2) is 5.94. The Morgan fingerprint density at radius 2 is 2.11 bits per heavy atom. The van der Waals surface area contributed by atoms with E-state index in [0.29, 0.717) is 6.42 Å². The third-order valence-corrected chi connectivity index (χ3v) is 3.78. The minimum absolute atomic E-state index is 0.00983. The molecule has 0 aliphatic rings. The molecule has 1 unspecified atom stereocenters. The Labute approximate surface area is 103 Å². The number of aliphatic hydroxyl groups is 1. The fraction of sp³-hybridized carbons (Fsp3) is 0.556. The summed E-state index contributed by atoms with van der Waals surface area (Å²) in [5.74, 6) is 0. The first-order chi connectivity index (χ1) is 8.36. The van der Waals surface area contributed by atoms with E-state index in [0.717, 1.165) is 6.20 Å². The Kier molecular flexibility index (Phi) is 4.82. The first-order valence-electron chi connectivity index (χ1n) is 5.36. The largest absolute Gasteiger partial charge is 0.393 e. The van der Waals surface area contributed by atoms with Gasteiger partial charge in [0.05, 0.1) is 6.10 Å². The molecule has 1 aromatic rings. The van der Waals surface area contributed by atoms with Crippen molar-refractivity contribution in [1.82, 2.24) is 14.7 Å². The Balaban J connectivity index is 2.81. The van der Waals surface area contributed by atoms with Gasteiger partial charge in [-0.05, 0) is 12.8 Å². The Morgan fingerprint density at radius 3 is 2.67 bits per heavy atom. The molecule has 0 bridgehead atoms. The van der Waals surface area contributed by atoms with Gasteiger partial charge in [0.25, 0.3) is 5.56 Å². The van der Waals surface area contributed by atoms with Crippen LogP contribution in [0, 0.1) is 0 Å². The lowest BCUT2D eigenvalue weighted by atomic mass is 10.2. The zero-order valence-corrected chi connectivity index (χ0v) is 10.6. The monoisotopic (exact) mass is 277 g/mol. The number of rotatable bonds is 6. The fourth-order valence-electron chi connectivity index (χ4n) is 1.24. The molecule has 102 valence electrons. The smallest absolute Gasteiger partial charge is 0.325 e. The van der Waals surface area contributed by atoms with Gasteiger partial charge < -0.3 is 10.1 Å². The molecule has 0 saturated heterocycles. The van der Waals surface area contributed by atoms with E-state index in [-0.39, 0.29) is 13.0 Å². The third kappa shape index (κ3) is 3.79. The minimum atomic E-state index is -3.99. The van der Waals surface area contributed by atoms with Crippen molar-refractivity contribution in [3.63, 3.8) is 0 Å². The third-order valence-electron chi connectivity index (χ3n) is 2.32. The summed E-state index contributed by atoms with van der Waals surface area (Å²) in [5, 5.41) is 9.27. The van der Waals surface area contributed by atoms with Gasteiger partial charge in [0.15, 0.2) is 4.90 Å². The average molecular weight is 277 g/mol. The van der Waals surface area contributed by atoms with E-state index in [1.54, 1.807) is 6.92 Å². The lowest BCUT2D eigenvalue weighted by molar-refractivity contribution is 0.162. The van der Waals surface area contributed by atoms with Gasteiger partial charge in [-0.25, -0.2) is 17.9 Å². The molecule has 0 fully saturated rings. The number of hydrogen-bond acceptors (Lipinski definition) is 5. The molecule has 0 radical (unpaired) electrons. The molecule has 0 aromatic carbocycles. The summed E-state index contributed by atoms with van der Waals surface area (Å²) >= 11 is 0. The highest BCUT2D eigenvalue weighted by molar-refractivity contribution is 7.89. The van der Waals surface area contributed by atoms with Crippen molar-refractivity contribution < 1.29 is 13.5 Å². The molecule has 1 aromatic heterocycles. The number of hydrogen-bond donors (Lipinski definition) is 4. The van der Waals surface area contributed by atoms with E-state index >= 15 is 0 Å². The number of aromatic amines is 2. The molecule has 8 nitrogen and oxygen atoms in total. The van der Waals surface area contributed by atoms with Crippen molar-refractivity contribution in [2.75, 3.05) is 6.54 Å². The first-order valence-corrected chi connectivity index (χ1v) is 6.85. The Hall–Kier alpha value is -1.45. The summed E-state index contributed by atoms with van der Waals surface area (Å²) < 4.78 is 25.6. The number of sulfonamides is 1. The van der Waals surface area contributed by atoms with Crippen LogP contribution in [0.1, 0.15) is 19.8 Å². The molecule has 0 spiro atoms. The van der Waals surface area contributed by atoms with Crippen molar-refractivity contribution in [2.24, 2.45) is 0 Å². The van der Waals surface area contributed by atoms with Crippen molar-refractivity contribution in [2.45, 2.75) is 30.8 Å². The van der Waals surface area contributed by atoms with E-state index in [9.17, 15) is 23.1 Å². The quantitative estimate of drug-likeness (QED) is 0.502. The standard InChI is InChI=1S/C9H15N3O5S/c1-2-6(13)3-4-11-18(16,17)7-5-10-9(15)12-8(7)14/h5-6,11,13H,2-4H2,1H3,(H2,10,12,14,15). The van der Waals surface area contributed by atoms with Crippen LogP contribution in [0.2, 0.25) is 0 Å². The van der Waals surface area contributed by atoms with Crippen molar-refractivity contribution in [1.29, 1.82) is 0 Å². The SMILES string of the molecule is CCC(O)CCNS(=O)(=O)c1c[nH]c(=O)[nH]c1=O. The normalized spacial score (nSPS) is 13.4. The van der Waals surface area contributed by atoms with Crippen LogP contribution in [0.5, 0.6) is 0 Å². The first kappa shape index (κ1) is 14.6. The van der Waals surface area contributed by atoms with Gasteiger partial charge in [0.1, 0.15) is 0 Å². The second-order valence-electron chi connectivity index (χ2n) is 3.68. The molecular formula is C9H15N3O5S. The zero-order chi connectivity index (χ0) is 13.8. The van der Waals surface area contributed by atoms with E-state index in [2.05, 4.69) is 9.71 Å². The van der Waals surface area contributed by atoms with Gasteiger partial charge in [0.2, 0.25) is 10.0 Å². The molecule has 4 N–H and O–H groups in total. The summed E-state index contributed by atoms with van der Waals surface area (Å²) in [6.45, 7) is 1.78. The predicted octanol–water partition coefficient (Wildman–Crippen LogP) is -1.50. The lowest BCUT2D eigenvalue weighted by Crippen LogP contribution is -2.34. The maximum Gasteiger partial charge on any atom is 0.325 e. The Morgan fingerprint density at radius 1 is 1.44 bits per heavy atom. The topological polar surface area (TPSA) is 132 Å². The molecule has 1 atom stereocenters. The van der Waals surface area contributed by atoms with E-state index < -0.39 is 32.3 Å². The highest BCUT2D eigenvalue weighted by atomic mass is 32.2. The van der Waals surface area contributed by atoms with E-state index in [1.807, 2.05) is 4.98 Å². The zero-order valence-electron chi connectivity index (χ0n) is 9.76. The Bertz CT molecular complexity index is 603. The van der Waals surface area contributed by atoms with Crippen LogP contribution < -0.4 is 16.0 Å². The molecule has 9 heteroatoms. The van der Waals surface area contributed by atoms with Crippen molar-refractivity contribution in [3.05, 3.63) is 27.0 Å². The van der Waals surface area contributed by atoms with Crippen LogP contribution in [-0.4, -0.2) is 36.1 Å². The number of H-pyrrole nitrogens is 2. The maximum absolute atomic E-state index is 11.7. The lowest BCUT2D eigenvalue weighted by Gasteiger charge is -2.08. The van der Waals surface area contributed by atoms with Crippen LogP contribution in [0.3, 0.4) is 0 Å². The van der Waals surface area contributed by atoms with Gasteiger partial charge in [-0.1, -0.05) is 6.92 Å². The summed E-state index contributed by atoms with van der Waals surface area (Å²) in [6.07, 6.45) is 0.999. The molecule has 1 rings (SSSR count). The van der Waals surface area contributed by atoms with Crippen LogP contribution in [0.4, 0.5) is 0 Å². The fourth-order valence-corrected chi connectivity index (χ4v) is 2.29. The van der Waals surface area contributed by atoms with Crippen LogP contribution in [0.25, 0.3) is 0 Å². The van der Waals surface area contributed by atoms with Crippen LogP contribution in [0.15, 0.2) is 20.7 Å². The van der Waals surface area contributed by atoms with Crippen LogP contribution in [-0.2, 0) is 10.0 Å². The second-order valence-corrected chi connectivity index (χ2v) is 5.42. The van der Waals surface area contributed by atoms with E-state index in [4.69, 9.17) is 0 Å². The number of aliphatic hydroxyl groups excluding tert-OH is 1. The van der Waals surface area contributed by atoms with Gasteiger partial charge in [-0.15, -0.1) is 0 Å². The van der Waals surface area contributed by atoms with Gasteiger partial charge in [0, 0.05) is 12.7 Å². The van der Waals surface area contributed by atoms with Gasteiger partial charge in [-0.2, -0.15) is 0 Å². The highest BCUT2D eigenvalue weighted by Crippen LogP contribution is 2.00. The predicted molar refractivity (Wildman–Crippen MR) is 63.8 cm³/mol. The molecule has 0 aliphatic heterocycles. The summed E-state index contributed by atoms with van der Waals surface area (Å²) in [7, 11) is -3.99. The number of aromatic nitrogens is 2. The maximum atomic E-state index is 11.7. The molecule has 0 aliphatic carbocycles. The summed E-state index contributed by atoms with van der Waals surface area (Å²) in [5.41, 5.74) is -1.76. The molecule has 1 heterocycles. The molecule has 0 amide bonds.